The molecule has 1 fully saturated rings. The van der Waals surface area contributed by atoms with Crippen LogP contribution in [0.3, 0.4) is 0 Å². The van der Waals surface area contributed by atoms with Crippen LogP contribution >= 0.6 is 11.8 Å². The van der Waals surface area contributed by atoms with Crippen LogP contribution in [0.2, 0.25) is 0 Å². The molecule has 1 aliphatic rings. The van der Waals surface area contributed by atoms with Gasteiger partial charge in [0.2, 0.25) is 5.91 Å². The molecule has 4 nitrogen and oxygen atoms in total. The first kappa shape index (κ1) is 8.79. The first-order valence-electron chi connectivity index (χ1n) is 4.83. The van der Waals surface area contributed by atoms with E-state index in [4.69, 9.17) is 1.43 Å². The highest BCUT2D eigenvalue weighted by atomic mass is 32.2. The van der Waals surface area contributed by atoms with E-state index in [-0.39, 0.29) is 16.4 Å². The molecule has 1 aromatic rings. The molecule has 1 atom stereocenters. The fraction of sp³-hybridized carbons (Fsp3) is 0.200. The fourth-order valence-corrected chi connectivity index (χ4v) is 2.23. The van der Waals surface area contributed by atoms with E-state index in [1.54, 1.807) is 24.3 Å². The van der Waals surface area contributed by atoms with Crippen molar-refractivity contribution < 1.29 is 14.7 Å². The summed E-state index contributed by atoms with van der Waals surface area (Å²) in [6.45, 7) is 0. The molecule has 0 bridgehead atoms. The number of nitrogens with one attached hydrogen (secondary N) is 1. The zero-order valence-corrected chi connectivity index (χ0v) is 8.54. The van der Waals surface area contributed by atoms with Crippen molar-refractivity contribution in [3.8, 4) is 5.75 Å². The summed E-state index contributed by atoms with van der Waals surface area (Å²) in [5.74, 6) is 0.208. The Morgan fingerprint density at radius 3 is 2.67 bits per heavy atom. The summed E-state index contributed by atoms with van der Waals surface area (Å²) in [4.78, 5) is 22.2. The van der Waals surface area contributed by atoms with Crippen LogP contribution in [0.15, 0.2) is 24.3 Å². The summed E-state index contributed by atoms with van der Waals surface area (Å²) in [7, 11) is 0. The van der Waals surface area contributed by atoms with Crippen LogP contribution in [0.5, 0.6) is 5.75 Å². The van der Waals surface area contributed by atoms with Crippen molar-refractivity contribution >= 4 is 22.9 Å². The van der Waals surface area contributed by atoms with E-state index >= 15 is 0 Å². The standard InChI is InChI=1S/C10H9NO3S/c12-7-3-1-6(2-4-7)5-8-9(13)11-10(14)15-8/h1-4,8,12H,5H2,(H,11,13,14)/i/hT. The quantitative estimate of drug-likeness (QED) is 0.813. The van der Waals surface area contributed by atoms with Crippen molar-refractivity contribution in [3.63, 3.8) is 0 Å². The lowest BCUT2D eigenvalue weighted by Gasteiger charge is -2.04. The van der Waals surface area contributed by atoms with Crippen LogP contribution in [0.25, 0.3) is 0 Å². The number of phenolic OH excluding ortho intramolecular Hbond substituents is 1. The van der Waals surface area contributed by atoms with Crippen LogP contribution in [0, 0.1) is 0 Å². The molecule has 0 saturated carbocycles. The number of thioether (sulfide) groups is 1. The number of hydrogen-bond donors (Lipinski definition) is 2. The molecular formula is C10H9NO3S. The highest BCUT2D eigenvalue weighted by molar-refractivity contribution is 8.15. The molecule has 5 heteroatoms. The summed E-state index contributed by atoms with van der Waals surface area (Å²) in [5, 5.41) is 5.89. The third-order valence-electron chi connectivity index (χ3n) is 2.11. The second-order valence-electron chi connectivity index (χ2n) is 3.23. The topological polar surface area (TPSA) is 66.4 Å². The van der Waals surface area contributed by atoms with Gasteiger partial charge < -0.3 is 5.11 Å². The SMILES string of the molecule is [3H]Oc1ccc(CC2SC(=O)NC2=O)cc1. The molecule has 1 unspecified atom stereocenters. The monoisotopic (exact) mass is 225 g/mol. The van der Waals surface area contributed by atoms with E-state index in [2.05, 4.69) is 10.4 Å². The Bertz CT molecular complexity index is 421. The van der Waals surface area contributed by atoms with Gasteiger partial charge in [-0.2, -0.15) is 0 Å². The molecule has 0 spiro atoms. The van der Waals surface area contributed by atoms with Crippen LogP contribution in [0.1, 0.15) is 5.56 Å². The minimum Gasteiger partial charge on any atom is -0.508 e. The average molecular weight is 225 g/mol. The summed E-state index contributed by atoms with van der Waals surface area (Å²) >= 11 is 1.01. The second kappa shape index (κ2) is 3.94. The summed E-state index contributed by atoms with van der Waals surface area (Å²) < 4.78 is 6.68. The molecule has 0 aromatic heterocycles. The van der Waals surface area contributed by atoms with E-state index in [9.17, 15) is 9.59 Å². The summed E-state index contributed by atoms with van der Waals surface area (Å²) in [6.07, 6.45) is 0.501. The lowest BCUT2D eigenvalue weighted by molar-refractivity contribution is -0.118. The van der Waals surface area contributed by atoms with Crippen molar-refractivity contribution in [2.45, 2.75) is 11.7 Å². The fourth-order valence-electron chi connectivity index (χ4n) is 1.37. The minimum absolute atomic E-state index is 0.240. The van der Waals surface area contributed by atoms with Gasteiger partial charge in [-0.1, -0.05) is 23.9 Å². The molecule has 2 N–H and O–H groups in total. The molecule has 78 valence electrons. The molecule has 2 amide bonds. The van der Waals surface area contributed by atoms with Gasteiger partial charge in [0.15, 0.2) is 0 Å². The highest BCUT2D eigenvalue weighted by Crippen LogP contribution is 2.23. The van der Waals surface area contributed by atoms with Gasteiger partial charge in [-0.25, -0.2) is 0 Å². The zero-order valence-electron chi connectivity index (χ0n) is 8.73. The van der Waals surface area contributed by atoms with Crippen LogP contribution in [0.4, 0.5) is 4.79 Å². The third-order valence-corrected chi connectivity index (χ3v) is 3.09. The number of aromatic hydroxyl groups is 1. The maximum absolute atomic E-state index is 11.3. The Morgan fingerprint density at radius 1 is 1.40 bits per heavy atom. The zero-order chi connectivity index (χ0) is 11.5. The van der Waals surface area contributed by atoms with Gasteiger partial charge in [0.05, 0.1) is 5.25 Å². The van der Waals surface area contributed by atoms with Crippen molar-refractivity contribution in [3.05, 3.63) is 29.8 Å². The predicted octanol–water partition coefficient (Wildman–Crippen LogP) is 1.29. The van der Waals surface area contributed by atoms with Gasteiger partial charge >= 0.3 is 0 Å². The highest BCUT2D eigenvalue weighted by Gasteiger charge is 2.31. The van der Waals surface area contributed by atoms with Crippen molar-refractivity contribution in [2.75, 3.05) is 0 Å². The summed E-state index contributed by atoms with van der Waals surface area (Å²) in [5.41, 5.74) is 0.933. The Balaban J connectivity index is 2.03. The first-order chi connectivity index (χ1) is 7.69. The van der Waals surface area contributed by atoms with Gasteiger partial charge in [-0.3, -0.25) is 14.9 Å². The van der Waals surface area contributed by atoms with Crippen LogP contribution < -0.4 is 5.32 Å². The first-order valence-corrected chi connectivity index (χ1v) is 5.30. The number of carbonyl (C=O) groups is 2. The largest absolute Gasteiger partial charge is 0.508 e. The Kier molecular flexibility index (Phi) is 2.31. The van der Waals surface area contributed by atoms with E-state index in [1.165, 1.54) is 0 Å². The lowest BCUT2D eigenvalue weighted by atomic mass is 10.1. The second-order valence-corrected chi connectivity index (χ2v) is 4.41. The van der Waals surface area contributed by atoms with Gasteiger partial charge in [-0.05, 0) is 24.1 Å². The van der Waals surface area contributed by atoms with Crippen LogP contribution in [-0.4, -0.2) is 22.9 Å². The molecule has 1 heterocycles. The number of benzene rings is 1. The van der Waals surface area contributed by atoms with Gasteiger partial charge in [0.1, 0.15) is 5.75 Å². The predicted molar refractivity (Wildman–Crippen MR) is 56.7 cm³/mol. The molecule has 0 aliphatic carbocycles. The normalized spacial score (nSPS) is 21.1. The number of phenols is 1. The lowest BCUT2D eigenvalue weighted by Crippen LogP contribution is -2.25. The molecule has 1 aliphatic heterocycles. The third kappa shape index (κ3) is 2.30. The van der Waals surface area contributed by atoms with E-state index < -0.39 is 0 Å². The maximum atomic E-state index is 11.3. The number of rotatable bonds is 3. The Morgan fingerprint density at radius 2 is 2.13 bits per heavy atom. The summed E-state index contributed by atoms with van der Waals surface area (Å²) in [6, 6.07) is 6.87. The smallest absolute Gasteiger partial charge is 0.293 e. The molecule has 1 aromatic carbocycles. The van der Waals surface area contributed by atoms with Gasteiger partial charge in [-0.15, -0.1) is 0 Å². The van der Waals surface area contributed by atoms with Gasteiger partial charge in [0.25, 0.3) is 6.67 Å². The molecule has 2 rings (SSSR count). The Labute approximate surface area is 92.2 Å². The minimum atomic E-state index is -0.352. The average Bonchev–Trinajstić information content (AvgIpc) is 2.59. The van der Waals surface area contributed by atoms with Crippen molar-refractivity contribution in [1.29, 1.82) is 1.43 Å². The number of imide groups is 1. The van der Waals surface area contributed by atoms with E-state index in [0.717, 1.165) is 17.3 Å². The Hall–Kier alpha value is -1.49. The maximum Gasteiger partial charge on any atom is 0.293 e. The molecule has 0 radical (unpaired) electrons. The van der Waals surface area contributed by atoms with Gasteiger partial charge in [0, 0.05) is 0 Å². The molecular weight excluding hydrogens is 214 g/mol. The number of carbonyl (C=O) groups excluding carboxylic acids is 2. The van der Waals surface area contributed by atoms with Crippen LogP contribution in [-0.2, 0) is 11.2 Å². The van der Waals surface area contributed by atoms with E-state index in [1.807, 2.05) is 0 Å². The molecule has 1 saturated heterocycles. The van der Waals surface area contributed by atoms with Crippen molar-refractivity contribution in [2.24, 2.45) is 0 Å². The van der Waals surface area contributed by atoms with Crippen molar-refractivity contribution in [1.82, 2.24) is 5.32 Å². The molecule has 15 heavy (non-hydrogen) atoms. The number of hydrogen-bond acceptors (Lipinski definition) is 4. The number of amides is 2. The van der Waals surface area contributed by atoms with E-state index in [0.29, 0.717) is 12.2 Å².